The lowest BCUT2D eigenvalue weighted by Gasteiger charge is -2.60. The van der Waals surface area contributed by atoms with E-state index in [0.717, 1.165) is 76.2 Å². The van der Waals surface area contributed by atoms with Crippen molar-refractivity contribution in [1.29, 1.82) is 0 Å². The van der Waals surface area contributed by atoms with Crippen molar-refractivity contribution in [3.8, 4) is 5.75 Å². The standard InChI is InChI=1S/C39H56O9/c1-7-15-36(6,48-34(41)27(3)4)31-11-13-32(14-12-31)46-28(5)43-18-19-44-35(42)37-21-29-20-30(22-37)24-39(23-29,26-37)45-25-33(40)47-38(8-2)16-9-10-17-38/h11-14,28-30H,3,7-10,15-26H2,1-2,4-6H3. The van der Waals surface area contributed by atoms with E-state index in [-0.39, 0.29) is 37.4 Å². The van der Waals surface area contributed by atoms with Crippen molar-refractivity contribution >= 4 is 17.9 Å². The van der Waals surface area contributed by atoms with Crippen molar-refractivity contribution in [2.45, 2.75) is 141 Å². The molecule has 0 spiro atoms. The Kier molecular flexibility index (Phi) is 11.3. The predicted molar refractivity (Wildman–Crippen MR) is 180 cm³/mol. The first-order valence-corrected chi connectivity index (χ1v) is 18.1. The quantitative estimate of drug-likeness (QED) is 0.0542. The second-order valence-corrected chi connectivity index (χ2v) is 15.3. The van der Waals surface area contributed by atoms with Crippen LogP contribution in [0.4, 0.5) is 0 Å². The summed E-state index contributed by atoms with van der Waals surface area (Å²) in [6, 6.07) is 7.46. The van der Waals surface area contributed by atoms with Crippen LogP contribution in [0.5, 0.6) is 5.75 Å². The fourth-order valence-electron chi connectivity index (χ4n) is 9.25. The molecule has 6 rings (SSSR count). The zero-order chi connectivity index (χ0) is 34.6. The van der Waals surface area contributed by atoms with Gasteiger partial charge in [0.1, 0.15) is 30.2 Å². The summed E-state index contributed by atoms with van der Waals surface area (Å²) in [6.07, 6.45) is 11.0. The second kappa shape index (κ2) is 14.9. The van der Waals surface area contributed by atoms with Gasteiger partial charge in [-0.1, -0.05) is 39.0 Å². The molecule has 4 bridgehead atoms. The highest BCUT2D eigenvalue weighted by Crippen LogP contribution is 2.63. The van der Waals surface area contributed by atoms with Crippen molar-refractivity contribution < 1.29 is 42.8 Å². The maximum Gasteiger partial charge on any atom is 0.333 e. The lowest BCUT2D eigenvalue weighted by atomic mass is 9.48. The minimum Gasteiger partial charge on any atom is -0.465 e. The lowest BCUT2D eigenvalue weighted by molar-refractivity contribution is -0.217. The van der Waals surface area contributed by atoms with Gasteiger partial charge >= 0.3 is 17.9 Å². The Morgan fingerprint density at radius 2 is 1.67 bits per heavy atom. The van der Waals surface area contributed by atoms with Gasteiger partial charge in [-0.05, 0) is 127 Å². The first-order chi connectivity index (χ1) is 22.8. The van der Waals surface area contributed by atoms with Crippen LogP contribution < -0.4 is 4.74 Å². The molecule has 0 aromatic heterocycles. The average Bonchev–Trinajstić information content (AvgIpc) is 3.50. The monoisotopic (exact) mass is 668 g/mol. The summed E-state index contributed by atoms with van der Waals surface area (Å²) in [7, 11) is 0. The molecule has 0 N–H and O–H groups in total. The summed E-state index contributed by atoms with van der Waals surface area (Å²) in [6.45, 7) is 13.5. The third kappa shape index (κ3) is 8.27. The summed E-state index contributed by atoms with van der Waals surface area (Å²) in [5.41, 5.74) is -0.900. The zero-order valence-electron chi connectivity index (χ0n) is 29.7. The van der Waals surface area contributed by atoms with E-state index in [4.69, 9.17) is 28.4 Å². The normalized spacial score (nSPS) is 28.7. The Morgan fingerprint density at radius 3 is 2.27 bits per heavy atom. The van der Waals surface area contributed by atoms with Crippen LogP contribution in [0.25, 0.3) is 0 Å². The molecule has 1 aromatic carbocycles. The molecule has 9 heteroatoms. The molecule has 48 heavy (non-hydrogen) atoms. The summed E-state index contributed by atoms with van der Waals surface area (Å²) >= 11 is 0. The lowest BCUT2D eigenvalue weighted by Crippen LogP contribution is -2.60. The Labute approximate surface area is 286 Å². The zero-order valence-corrected chi connectivity index (χ0v) is 29.7. The van der Waals surface area contributed by atoms with Crippen molar-refractivity contribution in [3.05, 3.63) is 42.0 Å². The molecular formula is C39H56O9. The van der Waals surface area contributed by atoms with Gasteiger partial charge in [-0.25, -0.2) is 9.59 Å². The molecule has 5 fully saturated rings. The van der Waals surface area contributed by atoms with Gasteiger partial charge in [0.2, 0.25) is 0 Å². The van der Waals surface area contributed by atoms with Crippen molar-refractivity contribution in [2.24, 2.45) is 17.3 Å². The van der Waals surface area contributed by atoms with E-state index in [1.807, 2.05) is 38.1 Å². The number of ether oxygens (including phenoxy) is 6. The van der Waals surface area contributed by atoms with Gasteiger partial charge in [-0.3, -0.25) is 4.79 Å². The van der Waals surface area contributed by atoms with E-state index < -0.39 is 28.9 Å². The second-order valence-electron chi connectivity index (χ2n) is 15.3. The molecule has 0 saturated heterocycles. The molecule has 5 saturated carbocycles. The van der Waals surface area contributed by atoms with Crippen molar-refractivity contribution in [1.82, 2.24) is 0 Å². The molecule has 4 unspecified atom stereocenters. The molecule has 5 aliphatic carbocycles. The third-order valence-electron chi connectivity index (χ3n) is 11.3. The van der Waals surface area contributed by atoms with E-state index >= 15 is 0 Å². The molecule has 5 aliphatic rings. The van der Waals surface area contributed by atoms with Gasteiger partial charge in [-0.2, -0.15) is 0 Å². The number of carbonyl (C=O) groups excluding carboxylic acids is 3. The van der Waals surface area contributed by atoms with Gasteiger partial charge in [0.25, 0.3) is 0 Å². The number of benzene rings is 1. The number of hydrogen-bond donors (Lipinski definition) is 0. The highest BCUT2D eigenvalue weighted by Gasteiger charge is 2.62. The largest absolute Gasteiger partial charge is 0.465 e. The smallest absolute Gasteiger partial charge is 0.333 e. The molecule has 4 atom stereocenters. The summed E-state index contributed by atoms with van der Waals surface area (Å²) < 4.78 is 35.8. The van der Waals surface area contributed by atoms with Crippen LogP contribution in [0.2, 0.25) is 0 Å². The molecular weight excluding hydrogens is 612 g/mol. The van der Waals surface area contributed by atoms with Gasteiger partial charge in [0.05, 0.1) is 17.6 Å². The van der Waals surface area contributed by atoms with Crippen LogP contribution in [0.15, 0.2) is 36.4 Å². The first-order valence-electron chi connectivity index (χ1n) is 18.1. The molecule has 9 nitrogen and oxygen atoms in total. The Balaban J connectivity index is 1.08. The highest BCUT2D eigenvalue weighted by atomic mass is 16.7. The number of rotatable bonds is 17. The fourth-order valence-corrected chi connectivity index (χ4v) is 9.25. The van der Waals surface area contributed by atoms with E-state index in [1.165, 1.54) is 0 Å². The minimum absolute atomic E-state index is 0.0543. The summed E-state index contributed by atoms with van der Waals surface area (Å²) in [5, 5.41) is 0. The Hall–Kier alpha value is -2.91. The SMILES string of the molecule is C=C(C)C(=O)OC(C)(CCC)c1ccc(OC(C)OCCOC(=O)C23CC4CC(CC(OCC(=O)OC5(CC)CCCC5)(C4)C2)C3)cc1. The van der Waals surface area contributed by atoms with Gasteiger partial charge in [-0.15, -0.1) is 0 Å². The molecule has 0 heterocycles. The van der Waals surface area contributed by atoms with Crippen LogP contribution in [-0.4, -0.2) is 55.2 Å². The maximum atomic E-state index is 13.6. The average molecular weight is 669 g/mol. The van der Waals surface area contributed by atoms with Crippen LogP contribution in [0.3, 0.4) is 0 Å². The molecule has 0 radical (unpaired) electrons. The molecule has 0 aliphatic heterocycles. The van der Waals surface area contributed by atoms with Gasteiger partial charge in [0, 0.05) is 5.57 Å². The van der Waals surface area contributed by atoms with Gasteiger partial charge in [0.15, 0.2) is 6.29 Å². The van der Waals surface area contributed by atoms with Crippen LogP contribution in [0, 0.1) is 17.3 Å². The van der Waals surface area contributed by atoms with Crippen LogP contribution in [-0.2, 0) is 43.7 Å². The number of esters is 3. The van der Waals surface area contributed by atoms with Gasteiger partial charge < -0.3 is 28.4 Å². The van der Waals surface area contributed by atoms with Crippen molar-refractivity contribution in [2.75, 3.05) is 19.8 Å². The fraction of sp³-hybridized carbons (Fsp3) is 0.718. The summed E-state index contributed by atoms with van der Waals surface area (Å²) in [5.74, 6) is 0.546. The minimum atomic E-state index is -0.767. The topological polar surface area (TPSA) is 107 Å². The number of carbonyl (C=O) groups is 3. The Bertz CT molecular complexity index is 1300. The third-order valence-corrected chi connectivity index (χ3v) is 11.3. The van der Waals surface area contributed by atoms with E-state index in [9.17, 15) is 14.4 Å². The van der Waals surface area contributed by atoms with E-state index in [0.29, 0.717) is 36.0 Å². The molecule has 266 valence electrons. The maximum absolute atomic E-state index is 13.6. The predicted octanol–water partition coefficient (Wildman–Crippen LogP) is 7.73. The molecule has 1 aromatic rings. The number of hydrogen-bond acceptors (Lipinski definition) is 9. The highest BCUT2D eigenvalue weighted by molar-refractivity contribution is 5.87. The van der Waals surface area contributed by atoms with Crippen LogP contribution in [0.1, 0.15) is 124 Å². The molecule has 0 amide bonds. The van der Waals surface area contributed by atoms with E-state index in [2.05, 4.69) is 13.5 Å². The van der Waals surface area contributed by atoms with E-state index in [1.54, 1.807) is 13.8 Å². The van der Waals surface area contributed by atoms with Crippen LogP contribution >= 0.6 is 0 Å². The van der Waals surface area contributed by atoms with Crippen molar-refractivity contribution in [3.63, 3.8) is 0 Å². The Morgan fingerprint density at radius 1 is 1.00 bits per heavy atom. The first kappa shape index (κ1) is 36.4. The summed E-state index contributed by atoms with van der Waals surface area (Å²) in [4.78, 5) is 38.7.